The van der Waals surface area contributed by atoms with Crippen molar-refractivity contribution in [3.63, 3.8) is 0 Å². The summed E-state index contributed by atoms with van der Waals surface area (Å²) in [7, 11) is 0. The Balaban J connectivity index is 1.84. The molecule has 23 heavy (non-hydrogen) atoms. The summed E-state index contributed by atoms with van der Waals surface area (Å²) < 4.78 is 43.6. The SMILES string of the molecule is Cc1nc(CN2C[C@@H](O)C[C@@H]2c2cccc(C(F)(F)F)c2)no1. The second-order valence-corrected chi connectivity index (χ2v) is 5.69. The van der Waals surface area contributed by atoms with Crippen molar-refractivity contribution in [1.29, 1.82) is 0 Å². The second-order valence-electron chi connectivity index (χ2n) is 5.69. The first-order valence-electron chi connectivity index (χ1n) is 7.21. The van der Waals surface area contributed by atoms with Crippen molar-refractivity contribution in [2.45, 2.75) is 38.2 Å². The lowest BCUT2D eigenvalue weighted by molar-refractivity contribution is -0.137. The summed E-state index contributed by atoms with van der Waals surface area (Å²) in [4.78, 5) is 5.97. The van der Waals surface area contributed by atoms with E-state index in [1.807, 2.05) is 4.90 Å². The number of β-amino-alcohol motifs (C(OH)–C–C–N with tert-alkyl or cyclic N) is 1. The zero-order chi connectivity index (χ0) is 16.6. The number of halogens is 3. The summed E-state index contributed by atoms with van der Waals surface area (Å²) in [6, 6.07) is 4.90. The Morgan fingerprint density at radius 3 is 2.83 bits per heavy atom. The molecule has 3 rings (SSSR count). The highest BCUT2D eigenvalue weighted by Gasteiger charge is 2.35. The van der Waals surface area contributed by atoms with E-state index < -0.39 is 17.8 Å². The molecule has 8 heteroatoms. The van der Waals surface area contributed by atoms with Gasteiger partial charge < -0.3 is 9.63 Å². The van der Waals surface area contributed by atoms with Gasteiger partial charge in [0.2, 0.25) is 5.89 Å². The smallest absolute Gasteiger partial charge is 0.392 e. The average Bonchev–Trinajstić information content (AvgIpc) is 3.04. The number of aryl methyl sites for hydroxylation is 1. The molecule has 124 valence electrons. The third kappa shape index (κ3) is 3.53. The van der Waals surface area contributed by atoms with Gasteiger partial charge >= 0.3 is 6.18 Å². The molecule has 0 saturated carbocycles. The zero-order valence-electron chi connectivity index (χ0n) is 12.4. The Hall–Kier alpha value is -1.93. The average molecular weight is 327 g/mol. The first kappa shape index (κ1) is 15.9. The van der Waals surface area contributed by atoms with Crippen LogP contribution in [0.5, 0.6) is 0 Å². The van der Waals surface area contributed by atoms with Crippen LogP contribution in [0, 0.1) is 6.92 Å². The molecule has 0 unspecified atom stereocenters. The molecule has 1 aromatic heterocycles. The lowest BCUT2D eigenvalue weighted by Gasteiger charge is -2.23. The lowest BCUT2D eigenvalue weighted by atomic mass is 10.0. The van der Waals surface area contributed by atoms with Crippen LogP contribution < -0.4 is 0 Å². The summed E-state index contributed by atoms with van der Waals surface area (Å²) in [6.45, 7) is 2.34. The van der Waals surface area contributed by atoms with E-state index in [-0.39, 0.29) is 6.04 Å². The Bertz CT molecular complexity index is 687. The van der Waals surface area contributed by atoms with Crippen molar-refractivity contribution < 1.29 is 22.8 Å². The van der Waals surface area contributed by atoms with E-state index in [0.29, 0.717) is 36.8 Å². The number of benzene rings is 1. The van der Waals surface area contributed by atoms with Crippen LogP contribution in [-0.2, 0) is 12.7 Å². The number of aliphatic hydroxyl groups excluding tert-OH is 1. The Morgan fingerprint density at radius 2 is 2.17 bits per heavy atom. The number of hydrogen-bond acceptors (Lipinski definition) is 5. The van der Waals surface area contributed by atoms with Gasteiger partial charge in [0.1, 0.15) is 0 Å². The molecule has 1 aliphatic heterocycles. The fraction of sp³-hybridized carbons (Fsp3) is 0.467. The molecule has 0 bridgehead atoms. The predicted octanol–water partition coefficient (Wildman–Crippen LogP) is 2.70. The summed E-state index contributed by atoms with van der Waals surface area (Å²) in [6.07, 6.45) is -4.61. The second kappa shape index (κ2) is 5.93. The molecule has 2 aromatic rings. The van der Waals surface area contributed by atoms with Gasteiger partial charge in [0.15, 0.2) is 5.82 Å². The van der Waals surface area contributed by atoms with E-state index in [0.717, 1.165) is 12.1 Å². The minimum absolute atomic E-state index is 0.314. The first-order chi connectivity index (χ1) is 10.8. The van der Waals surface area contributed by atoms with Crippen LogP contribution in [0.3, 0.4) is 0 Å². The van der Waals surface area contributed by atoms with Crippen LogP contribution >= 0.6 is 0 Å². The lowest BCUT2D eigenvalue weighted by Crippen LogP contribution is -2.25. The van der Waals surface area contributed by atoms with Crippen molar-refractivity contribution in [1.82, 2.24) is 15.0 Å². The minimum Gasteiger partial charge on any atom is -0.392 e. The van der Waals surface area contributed by atoms with Crippen LogP contribution in [-0.4, -0.2) is 32.8 Å². The standard InChI is InChI=1S/C15H16F3N3O2/c1-9-19-14(20-23-9)8-21-7-12(22)6-13(21)10-3-2-4-11(5-10)15(16,17)18/h2-5,12-13,22H,6-8H2,1H3/t12-,13+/m0/s1. The molecule has 1 aromatic carbocycles. The quantitative estimate of drug-likeness (QED) is 0.939. The fourth-order valence-electron chi connectivity index (χ4n) is 2.91. The highest BCUT2D eigenvalue weighted by molar-refractivity contribution is 5.29. The van der Waals surface area contributed by atoms with Crippen LogP contribution in [0.2, 0.25) is 0 Å². The van der Waals surface area contributed by atoms with Gasteiger partial charge in [-0.05, 0) is 24.1 Å². The highest BCUT2D eigenvalue weighted by Crippen LogP contribution is 2.36. The summed E-state index contributed by atoms with van der Waals surface area (Å²) in [5, 5.41) is 13.7. The molecule has 0 spiro atoms. The molecule has 0 aliphatic carbocycles. The summed E-state index contributed by atoms with van der Waals surface area (Å²) in [5.41, 5.74) is -0.164. The van der Waals surface area contributed by atoms with Gasteiger partial charge in [-0.25, -0.2) is 0 Å². The molecule has 1 N–H and O–H groups in total. The third-order valence-electron chi connectivity index (χ3n) is 3.89. The third-order valence-corrected chi connectivity index (χ3v) is 3.89. The van der Waals surface area contributed by atoms with Crippen molar-refractivity contribution >= 4 is 0 Å². The maximum absolute atomic E-state index is 12.9. The molecule has 2 atom stereocenters. The van der Waals surface area contributed by atoms with Gasteiger partial charge in [0.05, 0.1) is 18.2 Å². The van der Waals surface area contributed by atoms with Crippen molar-refractivity contribution in [3.8, 4) is 0 Å². The molecular weight excluding hydrogens is 311 g/mol. The maximum Gasteiger partial charge on any atom is 0.416 e. The van der Waals surface area contributed by atoms with E-state index in [2.05, 4.69) is 10.1 Å². The van der Waals surface area contributed by atoms with Gasteiger partial charge in [0, 0.05) is 19.5 Å². The van der Waals surface area contributed by atoms with Gasteiger partial charge in [-0.1, -0.05) is 17.3 Å². The van der Waals surface area contributed by atoms with Crippen LogP contribution in [0.25, 0.3) is 0 Å². The number of aliphatic hydroxyl groups is 1. The largest absolute Gasteiger partial charge is 0.416 e. The van der Waals surface area contributed by atoms with Crippen molar-refractivity contribution in [3.05, 3.63) is 47.1 Å². The Morgan fingerprint density at radius 1 is 1.39 bits per heavy atom. The maximum atomic E-state index is 12.9. The van der Waals surface area contributed by atoms with Gasteiger partial charge in [0.25, 0.3) is 0 Å². The highest BCUT2D eigenvalue weighted by atomic mass is 19.4. The molecular formula is C15H16F3N3O2. The normalized spacial score (nSPS) is 22.7. The molecule has 2 heterocycles. The molecule has 1 fully saturated rings. The van der Waals surface area contributed by atoms with E-state index in [1.165, 1.54) is 6.07 Å². The first-order valence-corrected chi connectivity index (χ1v) is 7.21. The van der Waals surface area contributed by atoms with E-state index >= 15 is 0 Å². The Labute approximate surface area is 130 Å². The number of alkyl halides is 3. The van der Waals surface area contributed by atoms with Gasteiger partial charge in [-0.15, -0.1) is 0 Å². The number of hydrogen-bond donors (Lipinski definition) is 1. The molecule has 0 amide bonds. The molecule has 1 aliphatic rings. The van der Waals surface area contributed by atoms with Crippen LogP contribution in [0.1, 0.15) is 35.3 Å². The fourth-order valence-corrected chi connectivity index (χ4v) is 2.91. The molecule has 0 radical (unpaired) electrons. The van der Waals surface area contributed by atoms with Gasteiger partial charge in [-0.3, -0.25) is 4.90 Å². The summed E-state index contributed by atoms with van der Waals surface area (Å²) in [5.74, 6) is 0.879. The number of rotatable bonds is 3. The van der Waals surface area contributed by atoms with E-state index in [9.17, 15) is 18.3 Å². The monoisotopic (exact) mass is 327 g/mol. The van der Waals surface area contributed by atoms with Gasteiger partial charge in [-0.2, -0.15) is 18.2 Å². The summed E-state index contributed by atoms with van der Waals surface area (Å²) >= 11 is 0. The number of aromatic nitrogens is 2. The van der Waals surface area contributed by atoms with Crippen LogP contribution in [0.15, 0.2) is 28.8 Å². The van der Waals surface area contributed by atoms with Crippen molar-refractivity contribution in [2.24, 2.45) is 0 Å². The zero-order valence-corrected chi connectivity index (χ0v) is 12.4. The van der Waals surface area contributed by atoms with Crippen molar-refractivity contribution in [2.75, 3.05) is 6.54 Å². The predicted molar refractivity (Wildman–Crippen MR) is 74.3 cm³/mol. The topological polar surface area (TPSA) is 62.4 Å². The van der Waals surface area contributed by atoms with E-state index in [4.69, 9.17) is 4.52 Å². The number of nitrogens with zero attached hydrogens (tertiary/aromatic N) is 3. The Kier molecular flexibility index (Phi) is 4.11. The minimum atomic E-state index is -4.39. The molecule has 5 nitrogen and oxygen atoms in total. The molecule has 1 saturated heterocycles. The van der Waals surface area contributed by atoms with E-state index in [1.54, 1.807) is 13.0 Å². The van der Waals surface area contributed by atoms with Crippen LogP contribution in [0.4, 0.5) is 13.2 Å². The number of likely N-dealkylation sites (tertiary alicyclic amines) is 1.